The average Bonchev–Trinajstić information content (AvgIpc) is 2.61. The molecule has 0 aliphatic heterocycles. The second-order valence-corrected chi connectivity index (χ2v) is 5.58. The molecule has 0 saturated heterocycles. The molecule has 0 heterocycles. The number of methoxy groups -OCH3 is 2. The van der Waals surface area contributed by atoms with Crippen molar-refractivity contribution in [3.63, 3.8) is 0 Å². The number of nitrogens with zero attached hydrogens (tertiary/aromatic N) is 1. The molecular formula is C17H16Cl2N2O4. The van der Waals surface area contributed by atoms with Crippen LogP contribution in [0, 0.1) is 0 Å². The number of hydrogen-bond acceptors (Lipinski definition) is 5. The summed E-state index contributed by atoms with van der Waals surface area (Å²) >= 11 is 12.3. The molecule has 2 aromatic carbocycles. The number of rotatable bonds is 6. The quantitative estimate of drug-likeness (QED) is 0.598. The van der Waals surface area contributed by atoms with Gasteiger partial charge in [0.05, 0.1) is 20.4 Å². The summed E-state index contributed by atoms with van der Waals surface area (Å²) in [5.41, 5.74) is 3.60. The lowest BCUT2D eigenvalue weighted by molar-refractivity contribution is 0.171. The minimum absolute atomic E-state index is 0.201. The van der Waals surface area contributed by atoms with Crippen molar-refractivity contribution in [1.29, 1.82) is 0 Å². The monoisotopic (exact) mass is 382 g/mol. The van der Waals surface area contributed by atoms with Gasteiger partial charge in [0.2, 0.25) is 0 Å². The molecule has 2 aromatic rings. The molecule has 2 rings (SSSR count). The van der Waals surface area contributed by atoms with Crippen LogP contribution in [0.3, 0.4) is 0 Å². The number of benzene rings is 2. The lowest BCUT2D eigenvalue weighted by Crippen LogP contribution is -2.16. The number of carbonyl (C=O) groups excluding carboxylic acids is 1. The maximum absolute atomic E-state index is 10.9. The fourth-order valence-electron chi connectivity index (χ4n) is 1.91. The van der Waals surface area contributed by atoms with Gasteiger partial charge in [-0.3, -0.25) is 0 Å². The summed E-state index contributed by atoms with van der Waals surface area (Å²) in [7, 11) is 2.78. The minimum Gasteiger partial charge on any atom is -0.493 e. The van der Waals surface area contributed by atoms with E-state index in [0.717, 1.165) is 0 Å². The van der Waals surface area contributed by atoms with Gasteiger partial charge < -0.3 is 14.2 Å². The van der Waals surface area contributed by atoms with Gasteiger partial charge in [-0.05, 0) is 35.9 Å². The predicted octanol–water partition coefficient (Wildman–Crippen LogP) is 4.27. The third-order valence-corrected chi connectivity index (χ3v) is 3.88. The number of halogens is 2. The Morgan fingerprint density at radius 1 is 1.16 bits per heavy atom. The van der Waals surface area contributed by atoms with E-state index in [-0.39, 0.29) is 6.61 Å². The van der Waals surface area contributed by atoms with Crippen molar-refractivity contribution in [3.8, 4) is 11.5 Å². The van der Waals surface area contributed by atoms with Crippen molar-refractivity contribution < 1.29 is 19.0 Å². The summed E-state index contributed by atoms with van der Waals surface area (Å²) in [6, 6.07) is 10.5. The second-order valence-electron chi connectivity index (χ2n) is 4.76. The van der Waals surface area contributed by atoms with Crippen LogP contribution in [0.2, 0.25) is 10.0 Å². The zero-order valence-corrected chi connectivity index (χ0v) is 15.1. The Balaban J connectivity index is 2.10. The number of hydrazone groups is 1. The fraction of sp³-hybridized carbons (Fsp3) is 0.176. The molecule has 0 spiro atoms. The zero-order chi connectivity index (χ0) is 18.2. The van der Waals surface area contributed by atoms with Crippen molar-refractivity contribution in [2.24, 2.45) is 5.10 Å². The molecule has 8 heteroatoms. The highest BCUT2D eigenvalue weighted by Gasteiger charge is 2.09. The highest BCUT2D eigenvalue weighted by atomic mass is 35.5. The zero-order valence-electron chi connectivity index (χ0n) is 13.6. The fourth-order valence-corrected chi connectivity index (χ4v) is 2.42. The number of amides is 1. The van der Waals surface area contributed by atoms with Crippen LogP contribution in [0.4, 0.5) is 4.79 Å². The molecule has 0 aliphatic rings. The van der Waals surface area contributed by atoms with Gasteiger partial charge in [0.25, 0.3) is 0 Å². The van der Waals surface area contributed by atoms with Crippen molar-refractivity contribution in [2.45, 2.75) is 6.61 Å². The lowest BCUT2D eigenvalue weighted by Gasteiger charge is -2.13. The molecular weight excluding hydrogens is 367 g/mol. The van der Waals surface area contributed by atoms with Gasteiger partial charge in [0.1, 0.15) is 6.61 Å². The normalized spacial score (nSPS) is 10.6. The molecule has 132 valence electrons. The van der Waals surface area contributed by atoms with E-state index in [2.05, 4.69) is 15.3 Å². The maximum Gasteiger partial charge on any atom is 0.427 e. The van der Waals surface area contributed by atoms with Crippen LogP contribution in [0.1, 0.15) is 11.1 Å². The first-order chi connectivity index (χ1) is 12.0. The maximum atomic E-state index is 10.9. The standard InChI is InChI=1S/C17H16Cl2N2O4/c1-23-16-8-11(9-20-21-17(22)24-2)6-7-15(16)25-10-12-13(18)4-3-5-14(12)19/h3-9H,10H2,1-2H3,(H,21,22)/b20-9-. The van der Waals surface area contributed by atoms with Gasteiger partial charge >= 0.3 is 6.09 Å². The summed E-state index contributed by atoms with van der Waals surface area (Å²) < 4.78 is 15.5. The minimum atomic E-state index is -0.653. The molecule has 1 N–H and O–H groups in total. The van der Waals surface area contributed by atoms with Gasteiger partial charge in [-0.1, -0.05) is 29.3 Å². The summed E-state index contributed by atoms with van der Waals surface area (Å²) in [6.07, 6.45) is 0.800. The van der Waals surface area contributed by atoms with Crippen LogP contribution in [0.15, 0.2) is 41.5 Å². The molecule has 0 radical (unpaired) electrons. The Bertz CT molecular complexity index is 761. The number of nitrogens with one attached hydrogen (secondary N) is 1. The van der Waals surface area contributed by atoms with Gasteiger partial charge in [0.15, 0.2) is 11.5 Å². The lowest BCUT2D eigenvalue weighted by atomic mass is 10.2. The molecule has 6 nitrogen and oxygen atoms in total. The third kappa shape index (κ3) is 5.27. The summed E-state index contributed by atoms with van der Waals surface area (Å²) in [5.74, 6) is 1.03. The average molecular weight is 383 g/mol. The van der Waals surface area contributed by atoms with Crippen LogP contribution in [0.5, 0.6) is 11.5 Å². The highest BCUT2D eigenvalue weighted by Crippen LogP contribution is 2.31. The molecule has 1 amide bonds. The topological polar surface area (TPSA) is 69.2 Å². The number of carbonyl (C=O) groups is 1. The first-order valence-electron chi connectivity index (χ1n) is 7.16. The van der Waals surface area contributed by atoms with Crippen LogP contribution >= 0.6 is 23.2 Å². The van der Waals surface area contributed by atoms with Crippen molar-refractivity contribution in [1.82, 2.24) is 5.43 Å². The third-order valence-electron chi connectivity index (χ3n) is 3.18. The largest absolute Gasteiger partial charge is 0.493 e. The molecule has 0 atom stereocenters. The van der Waals surface area contributed by atoms with Crippen molar-refractivity contribution in [2.75, 3.05) is 14.2 Å². The van der Waals surface area contributed by atoms with E-state index >= 15 is 0 Å². The summed E-state index contributed by atoms with van der Waals surface area (Å²) in [6.45, 7) is 0.201. The molecule has 25 heavy (non-hydrogen) atoms. The summed E-state index contributed by atoms with van der Waals surface area (Å²) in [5, 5.41) is 4.82. The first-order valence-corrected chi connectivity index (χ1v) is 7.91. The van der Waals surface area contributed by atoms with Crippen molar-refractivity contribution >= 4 is 35.5 Å². The van der Waals surface area contributed by atoms with Crippen molar-refractivity contribution in [3.05, 3.63) is 57.6 Å². The van der Waals surface area contributed by atoms with E-state index in [1.807, 2.05) is 0 Å². The van der Waals surface area contributed by atoms with E-state index < -0.39 is 6.09 Å². The van der Waals surface area contributed by atoms with Crippen LogP contribution in [-0.4, -0.2) is 26.5 Å². The van der Waals surface area contributed by atoms with Gasteiger partial charge in [-0.15, -0.1) is 0 Å². The van der Waals surface area contributed by atoms with Crippen LogP contribution in [0.25, 0.3) is 0 Å². The van der Waals surface area contributed by atoms with Gasteiger partial charge in [-0.2, -0.15) is 5.10 Å². The predicted molar refractivity (Wildman–Crippen MR) is 96.9 cm³/mol. The molecule has 0 saturated carbocycles. The first kappa shape index (κ1) is 18.9. The molecule has 0 bridgehead atoms. The molecule has 0 unspecified atom stereocenters. The van der Waals surface area contributed by atoms with E-state index in [4.69, 9.17) is 32.7 Å². The highest BCUT2D eigenvalue weighted by molar-refractivity contribution is 6.35. The Morgan fingerprint density at radius 3 is 2.52 bits per heavy atom. The number of ether oxygens (including phenoxy) is 3. The summed E-state index contributed by atoms with van der Waals surface area (Å²) in [4.78, 5) is 10.9. The van der Waals surface area contributed by atoms with E-state index in [9.17, 15) is 4.79 Å². The van der Waals surface area contributed by atoms with Gasteiger partial charge in [-0.25, -0.2) is 10.2 Å². The number of hydrogen-bond donors (Lipinski definition) is 1. The van der Waals surface area contributed by atoms with Crippen LogP contribution < -0.4 is 14.9 Å². The molecule has 0 fully saturated rings. The Kier molecular flexibility index (Phi) is 6.91. The molecule has 0 aliphatic carbocycles. The van der Waals surface area contributed by atoms with E-state index in [0.29, 0.717) is 32.7 Å². The molecule has 0 aromatic heterocycles. The van der Waals surface area contributed by atoms with Gasteiger partial charge in [0, 0.05) is 15.6 Å². The Labute approximate surface area is 155 Å². The van der Waals surface area contributed by atoms with Crippen LogP contribution in [-0.2, 0) is 11.3 Å². The van der Waals surface area contributed by atoms with E-state index in [1.165, 1.54) is 20.4 Å². The second kappa shape index (κ2) is 9.15. The smallest absolute Gasteiger partial charge is 0.427 e. The Hall–Kier alpha value is -2.44. The van der Waals surface area contributed by atoms with E-state index in [1.54, 1.807) is 36.4 Å². The SMILES string of the molecule is COC(=O)N/N=C\c1ccc(OCc2c(Cl)cccc2Cl)c(OC)c1. The Morgan fingerprint density at radius 2 is 1.88 bits per heavy atom.